The molecule has 0 radical (unpaired) electrons. The molecule has 2 aromatic rings. The van der Waals surface area contributed by atoms with E-state index in [9.17, 15) is 9.90 Å². The Morgan fingerprint density at radius 2 is 1.67 bits per heavy atom. The molecule has 0 aliphatic carbocycles. The van der Waals surface area contributed by atoms with Crippen LogP contribution in [0.3, 0.4) is 0 Å². The van der Waals surface area contributed by atoms with Crippen molar-refractivity contribution < 1.29 is 9.90 Å². The summed E-state index contributed by atoms with van der Waals surface area (Å²) in [5, 5.41) is 10.3. The largest absolute Gasteiger partial charge is 0.388 e. The Bertz CT molecular complexity index is 640. The molecule has 0 aromatic heterocycles. The number of hydrogen-bond donors (Lipinski definition) is 2. The van der Waals surface area contributed by atoms with Gasteiger partial charge in [-0.3, -0.25) is 4.90 Å². The number of carbonyl (C=O) groups is 1. The zero-order valence-electron chi connectivity index (χ0n) is 12.3. The summed E-state index contributed by atoms with van der Waals surface area (Å²) in [4.78, 5) is 13.3. The Labute approximate surface area is 124 Å². The lowest BCUT2D eigenvalue weighted by atomic mass is 10.0. The van der Waals surface area contributed by atoms with Crippen molar-refractivity contribution in [1.29, 1.82) is 0 Å². The Kier molecular flexibility index (Phi) is 4.60. The van der Waals surface area contributed by atoms with Gasteiger partial charge in [-0.1, -0.05) is 50.2 Å². The minimum atomic E-state index is -0.637. The molecular formula is C17H20N2O2. The minimum Gasteiger partial charge on any atom is -0.388 e. The van der Waals surface area contributed by atoms with Crippen LogP contribution in [0.2, 0.25) is 0 Å². The molecule has 3 N–H and O–H groups in total. The average Bonchev–Trinajstić information content (AvgIpc) is 2.63. The number of nitrogens with zero attached hydrogens (tertiary/aromatic N) is 1. The van der Waals surface area contributed by atoms with E-state index in [0.717, 1.165) is 16.8 Å². The van der Waals surface area contributed by atoms with Crippen LogP contribution in [0.25, 0.3) is 0 Å². The predicted octanol–water partition coefficient (Wildman–Crippen LogP) is 3.52. The first-order chi connectivity index (χ1) is 10.2. The Morgan fingerprint density at radius 3 is 2.33 bits per heavy atom. The van der Waals surface area contributed by atoms with E-state index in [2.05, 4.69) is 0 Å². The van der Waals surface area contributed by atoms with Crippen molar-refractivity contribution in [3.05, 3.63) is 59.7 Å². The van der Waals surface area contributed by atoms with Crippen LogP contribution in [0, 0.1) is 0 Å². The molecule has 110 valence electrons. The third-order valence-corrected chi connectivity index (χ3v) is 3.40. The van der Waals surface area contributed by atoms with Gasteiger partial charge in [-0.25, -0.2) is 4.79 Å². The summed E-state index contributed by atoms with van der Waals surface area (Å²) in [6.45, 7) is 4.00. The van der Waals surface area contributed by atoms with Crippen LogP contribution >= 0.6 is 0 Å². The van der Waals surface area contributed by atoms with Gasteiger partial charge >= 0.3 is 6.03 Å². The third-order valence-electron chi connectivity index (χ3n) is 3.40. The average molecular weight is 284 g/mol. The van der Waals surface area contributed by atoms with E-state index in [-0.39, 0.29) is 0 Å². The van der Waals surface area contributed by atoms with Gasteiger partial charge in [0.1, 0.15) is 0 Å². The van der Waals surface area contributed by atoms with E-state index in [4.69, 9.17) is 5.73 Å². The molecule has 1 aliphatic heterocycles. The van der Waals surface area contributed by atoms with E-state index in [1.807, 2.05) is 56.3 Å². The second kappa shape index (κ2) is 6.41. The maximum Gasteiger partial charge on any atom is 0.323 e. The zero-order chi connectivity index (χ0) is 15.4. The van der Waals surface area contributed by atoms with Crippen molar-refractivity contribution in [2.45, 2.75) is 26.4 Å². The van der Waals surface area contributed by atoms with Gasteiger partial charge in [0, 0.05) is 12.0 Å². The number of fused-ring (bicyclic) bond motifs is 2. The SMILES string of the molecule is CC.NC(=O)N1c2ccccc2CC(O)c2ccccc21. The molecule has 0 saturated carbocycles. The molecular weight excluding hydrogens is 264 g/mol. The smallest absolute Gasteiger partial charge is 0.323 e. The number of anilines is 2. The van der Waals surface area contributed by atoms with Gasteiger partial charge in [0.15, 0.2) is 0 Å². The van der Waals surface area contributed by atoms with Gasteiger partial charge in [0.2, 0.25) is 0 Å². The third kappa shape index (κ3) is 2.76. The molecule has 2 aromatic carbocycles. The van der Waals surface area contributed by atoms with Crippen LogP contribution in [0.15, 0.2) is 48.5 Å². The number of benzene rings is 2. The van der Waals surface area contributed by atoms with Gasteiger partial charge in [-0.15, -0.1) is 0 Å². The van der Waals surface area contributed by atoms with Gasteiger partial charge in [0.25, 0.3) is 0 Å². The van der Waals surface area contributed by atoms with Gasteiger partial charge in [0.05, 0.1) is 17.5 Å². The van der Waals surface area contributed by atoms with Crippen molar-refractivity contribution in [1.82, 2.24) is 0 Å². The van der Waals surface area contributed by atoms with E-state index in [1.54, 1.807) is 6.07 Å². The molecule has 1 unspecified atom stereocenters. The minimum absolute atomic E-state index is 0.469. The normalized spacial score (nSPS) is 16.0. The first-order valence-corrected chi connectivity index (χ1v) is 7.13. The fraction of sp³-hybridized carbons (Fsp3) is 0.235. The highest BCUT2D eigenvalue weighted by Gasteiger charge is 2.27. The highest BCUT2D eigenvalue weighted by molar-refractivity contribution is 6.00. The number of primary amides is 1. The van der Waals surface area contributed by atoms with Crippen molar-refractivity contribution >= 4 is 17.4 Å². The molecule has 3 rings (SSSR count). The quantitative estimate of drug-likeness (QED) is 0.777. The summed E-state index contributed by atoms with van der Waals surface area (Å²) in [5.41, 5.74) is 8.53. The second-order valence-corrected chi connectivity index (χ2v) is 4.58. The van der Waals surface area contributed by atoms with Crippen LogP contribution in [0.5, 0.6) is 0 Å². The van der Waals surface area contributed by atoms with Crippen LogP contribution in [-0.4, -0.2) is 11.1 Å². The topological polar surface area (TPSA) is 66.6 Å². The number of aliphatic hydroxyl groups excluding tert-OH is 1. The maximum absolute atomic E-state index is 11.8. The first kappa shape index (κ1) is 15.1. The number of carbonyl (C=O) groups excluding carboxylic acids is 1. The monoisotopic (exact) mass is 284 g/mol. The second-order valence-electron chi connectivity index (χ2n) is 4.58. The molecule has 0 fully saturated rings. The highest BCUT2D eigenvalue weighted by atomic mass is 16.3. The molecule has 1 atom stereocenters. The van der Waals surface area contributed by atoms with Crippen LogP contribution in [0.4, 0.5) is 16.2 Å². The molecule has 21 heavy (non-hydrogen) atoms. The van der Waals surface area contributed by atoms with Crippen LogP contribution < -0.4 is 10.6 Å². The molecule has 4 nitrogen and oxygen atoms in total. The molecule has 1 aliphatic rings. The van der Waals surface area contributed by atoms with Crippen LogP contribution in [0.1, 0.15) is 31.1 Å². The van der Waals surface area contributed by atoms with E-state index in [1.165, 1.54) is 4.90 Å². The summed E-state index contributed by atoms with van der Waals surface area (Å²) in [6, 6.07) is 14.2. The maximum atomic E-state index is 11.8. The van der Waals surface area contributed by atoms with Crippen LogP contribution in [-0.2, 0) is 6.42 Å². The van der Waals surface area contributed by atoms with Gasteiger partial charge in [-0.2, -0.15) is 0 Å². The van der Waals surface area contributed by atoms with Crippen molar-refractivity contribution in [2.24, 2.45) is 5.73 Å². The molecule has 0 saturated heterocycles. The number of nitrogens with two attached hydrogens (primary N) is 1. The fourth-order valence-corrected chi connectivity index (χ4v) is 2.56. The zero-order valence-corrected chi connectivity index (χ0v) is 12.3. The lowest BCUT2D eigenvalue weighted by molar-refractivity contribution is 0.180. The number of rotatable bonds is 0. The number of aliphatic hydroxyl groups is 1. The van der Waals surface area contributed by atoms with Crippen molar-refractivity contribution in [3.63, 3.8) is 0 Å². The number of para-hydroxylation sites is 2. The Balaban J connectivity index is 0.000000774. The standard InChI is InChI=1S/C15H14N2O2.C2H6/c16-15(19)17-12-7-3-1-5-10(12)9-14(18)11-6-2-4-8-13(11)17;1-2/h1-8,14,18H,9H2,(H2,16,19);1-2H3. The lowest BCUT2D eigenvalue weighted by Crippen LogP contribution is -2.32. The molecule has 0 spiro atoms. The number of amides is 2. The van der Waals surface area contributed by atoms with Crippen molar-refractivity contribution in [2.75, 3.05) is 4.90 Å². The summed E-state index contributed by atoms with van der Waals surface area (Å²) >= 11 is 0. The summed E-state index contributed by atoms with van der Waals surface area (Å²) in [5.74, 6) is 0. The van der Waals surface area contributed by atoms with E-state index >= 15 is 0 Å². The summed E-state index contributed by atoms with van der Waals surface area (Å²) in [7, 11) is 0. The van der Waals surface area contributed by atoms with E-state index in [0.29, 0.717) is 12.1 Å². The molecule has 0 bridgehead atoms. The molecule has 1 heterocycles. The van der Waals surface area contributed by atoms with Crippen molar-refractivity contribution in [3.8, 4) is 0 Å². The lowest BCUT2D eigenvalue weighted by Gasteiger charge is -2.22. The number of hydrogen-bond acceptors (Lipinski definition) is 2. The van der Waals surface area contributed by atoms with Gasteiger partial charge < -0.3 is 10.8 Å². The fourth-order valence-electron chi connectivity index (χ4n) is 2.56. The summed E-state index contributed by atoms with van der Waals surface area (Å²) in [6.07, 6.45) is -0.168. The highest BCUT2D eigenvalue weighted by Crippen LogP contribution is 2.39. The Hall–Kier alpha value is -2.33. The van der Waals surface area contributed by atoms with Gasteiger partial charge in [-0.05, 0) is 17.7 Å². The van der Waals surface area contributed by atoms with E-state index < -0.39 is 12.1 Å². The Morgan fingerprint density at radius 1 is 1.10 bits per heavy atom. The predicted molar refractivity (Wildman–Crippen MR) is 84.6 cm³/mol. The number of urea groups is 1. The molecule has 2 amide bonds. The summed E-state index contributed by atoms with van der Waals surface area (Å²) < 4.78 is 0. The molecule has 4 heteroatoms. The first-order valence-electron chi connectivity index (χ1n) is 7.13.